The fourth-order valence-electron chi connectivity index (χ4n) is 1.55. The Morgan fingerprint density at radius 3 is 2.15 bits per heavy atom. The maximum Gasteiger partial charge on any atom is 0.190 e. The van der Waals surface area contributed by atoms with E-state index in [1.54, 1.807) is 0 Å². The van der Waals surface area contributed by atoms with Crippen LogP contribution in [-0.4, -0.2) is 37.7 Å². The van der Waals surface area contributed by atoms with E-state index in [9.17, 15) is 8.78 Å². The number of hydrogen-bond donors (Lipinski definition) is 1. The molecule has 0 aliphatic carbocycles. The molecule has 1 aromatic rings. The van der Waals surface area contributed by atoms with Crippen molar-refractivity contribution in [1.29, 1.82) is 0 Å². The van der Waals surface area contributed by atoms with Gasteiger partial charge in [0.25, 0.3) is 0 Å². The number of nitrogens with zero attached hydrogens (tertiary/aromatic N) is 1. The molecular formula is C15H24F2N2O. The molecule has 0 bridgehead atoms. The summed E-state index contributed by atoms with van der Waals surface area (Å²) in [5.74, 6) is -1.62. The van der Waals surface area contributed by atoms with Crippen molar-refractivity contribution >= 4 is 0 Å². The molecule has 0 spiro atoms. The molecule has 0 fully saturated rings. The average Bonchev–Trinajstić information content (AvgIpc) is 2.29. The number of halogens is 2. The molecule has 0 amide bonds. The molecule has 1 rings (SSSR count). The maximum atomic E-state index is 13.8. The fourth-order valence-corrected chi connectivity index (χ4v) is 1.55. The zero-order valence-corrected chi connectivity index (χ0v) is 12.9. The molecule has 0 aliphatic heterocycles. The first-order chi connectivity index (χ1) is 9.19. The molecule has 20 heavy (non-hydrogen) atoms. The summed E-state index contributed by atoms with van der Waals surface area (Å²) >= 11 is 0. The van der Waals surface area contributed by atoms with Crippen molar-refractivity contribution in [3.8, 4) is 5.75 Å². The Kier molecular flexibility index (Phi) is 5.89. The Bertz CT molecular complexity index is 419. The molecule has 0 aromatic heterocycles. The second-order valence-corrected chi connectivity index (χ2v) is 6.14. The summed E-state index contributed by atoms with van der Waals surface area (Å²) in [6, 6.07) is 2.62. The van der Waals surface area contributed by atoms with E-state index in [1.165, 1.54) is 12.1 Å². The topological polar surface area (TPSA) is 24.5 Å². The van der Waals surface area contributed by atoms with E-state index in [1.807, 2.05) is 39.8 Å². The Hall–Kier alpha value is -1.20. The highest BCUT2D eigenvalue weighted by Gasteiger charge is 2.14. The second kappa shape index (κ2) is 6.99. The minimum atomic E-state index is -0.658. The molecule has 0 heterocycles. The van der Waals surface area contributed by atoms with Crippen LogP contribution in [0.4, 0.5) is 8.78 Å². The van der Waals surface area contributed by atoms with E-state index in [4.69, 9.17) is 4.74 Å². The zero-order chi connectivity index (χ0) is 15.3. The first-order valence-electron chi connectivity index (χ1n) is 6.69. The molecule has 0 radical (unpaired) electrons. The van der Waals surface area contributed by atoms with E-state index >= 15 is 0 Å². The van der Waals surface area contributed by atoms with Crippen LogP contribution in [0.1, 0.15) is 26.3 Å². The highest BCUT2D eigenvalue weighted by atomic mass is 19.1. The van der Waals surface area contributed by atoms with Crippen LogP contribution in [-0.2, 0) is 6.54 Å². The van der Waals surface area contributed by atoms with Gasteiger partial charge in [-0.05, 0) is 52.6 Å². The Balaban J connectivity index is 2.71. The van der Waals surface area contributed by atoms with Gasteiger partial charge in [0.1, 0.15) is 6.61 Å². The van der Waals surface area contributed by atoms with Crippen LogP contribution in [0.3, 0.4) is 0 Å². The van der Waals surface area contributed by atoms with Crippen LogP contribution in [0, 0.1) is 11.6 Å². The molecule has 0 saturated heterocycles. The molecule has 0 atom stereocenters. The van der Waals surface area contributed by atoms with E-state index in [2.05, 4.69) is 5.32 Å². The molecule has 114 valence electrons. The third-order valence-corrected chi connectivity index (χ3v) is 2.67. The highest BCUT2D eigenvalue weighted by Crippen LogP contribution is 2.23. The Morgan fingerprint density at radius 2 is 1.70 bits per heavy atom. The van der Waals surface area contributed by atoms with Crippen molar-refractivity contribution in [2.24, 2.45) is 0 Å². The number of ether oxygens (including phenoxy) is 1. The third kappa shape index (κ3) is 5.84. The third-order valence-electron chi connectivity index (χ3n) is 2.67. The van der Waals surface area contributed by atoms with Crippen LogP contribution >= 0.6 is 0 Å². The lowest BCUT2D eigenvalue weighted by molar-refractivity contribution is 0.242. The van der Waals surface area contributed by atoms with Crippen molar-refractivity contribution in [2.45, 2.75) is 32.9 Å². The first-order valence-corrected chi connectivity index (χ1v) is 6.69. The van der Waals surface area contributed by atoms with Crippen molar-refractivity contribution < 1.29 is 13.5 Å². The highest BCUT2D eigenvalue weighted by molar-refractivity contribution is 5.31. The van der Waals surface area contributed by atoms with Gasteiger partial charge in [0, 0.05) is 18.6 Å². The molecular weight excluding hydrogens is 262 g/mol. The van der Waals surface area contributed by atoms with Gasteiger partial charge in [0.15, 0.2) is 17.4 Å². The molecule has 1 N–H and O–H groups in total. The molecule has 0 saturated carbocycles. The molecule has 3 nitrogen and oxygen atoms in total. The van der Waals surface area contributed by atoms with Gasteiger partial charge in [-0.3, -0.25) is 0 Å². The van der Waals surface area contributed by atoms with Gasteiger partial charge in [-0.2, -0.15) is 0 Å². The summed E-state index contributed by atoms with van der Waals surface area (Å²) in [5, 5.41) is 3.19. The van der Waals surface area contributed by atoms with E-state index in [0.717, 1.165) is 0 Å². The lowest BCUT2D eigenvalue weighted by atomic mass is 10.1. The minimum Gasteiger partial charge on any atom is -0.486 e. The summed E-state index contributed by atoms with van der Waals surface area (Å²) in [6.07, 6.45) is 0. The van der Waals surface area contributed by atoms with Gasteiger partial charge >= 0.3 is 0 Å². The summed E-state index contributed by atoms with van der Waals surface area (Å²) < 4.78 is 32.9. The maximum absolute atomic E-state index is 13.8. The Labute approximate surface area is 119 Å². The average molecular weight is 286 g/mol. The molecule has 1 aromatic carbocycles. The van der Waals surface area contributed by atoms with Crippen molar-refractivity contribution in [3.05, 3.63) is 29.3 Å². The van der Waals surface area contributed by atoms with Crippen molar-refractivity contribution in [3.63, 3.8) is 0 Å². The lowest BCUT2D eigenvalue weighted by Gasteiger charge is -2.21. The van der Waals surface area contributed by atoms with Gasteiger partial charge < -0.3 is 15.0 Å². The Morgan fingerprint density at radius 1 is 1.15 bits per heavy atom. The van der Waals surface area contributed by atoms with E-state index in [0.29, 0.717) is 18.7 Å². The summed E-state index contributed by atoms with van der Waals surface area (Å²) in [7, 11) is 3.74. The van der Waals surface area contributed by atoms with Crippen LogP contribution in [0.2, 0.25) is 0 Å². The minimum absolute atomic E-state index is 0.103. The lowest BCUT2D eigenvalue weighted by Crippen LogP contribution is -2.35. The van der Waals surface area contributed by atoms with Crippen molar-refractivity contribution in [2.75, 3.05) is 27.2 Å². The van der Waals surface area contributed by atoms with E-state index in [-0.39, 0.29) is 17.9 Å². The normalized spacial score (nSPS) is 12.0. The van der Waals surface area contributed by atoms with Crippen LogP contribution in [0.5, 0.6) is 5.75 Å². The van der Waals surface area contributed by atoms with Crippen LogP contribution < -0.4 is 10.1 Å². The molecule has 0 unspecified atom stereocenters. The van der Waals surface area contributed by atoms with Crippen LogP contribution in [0.25, 0.3) is 0 Å². The van der Waals surface area contributed by atoms with Gasteiger partial charge in [-0.15, -0.1) is 0 Å². The fraction of sp³-hybridized carbons (Fsp3) is 0.600. The SMILES string of the molecule is CN(C)CCOc1c(F)cc(CNC(C)(C)C)cc1F. The largest absolute Gasteiger partial charge is 0.486 e. The molecule has 5 heteroatoms. The smallest absolute Gasteiger partial charge is 0.190 e. The zero-order valence-electron chi connectivity index (χ0n) is 12.9. The predicted octanol–water partition coefficient (Wildman–Crippen LogP) is 2.79. The van der Waals surface area contributed by atoms with Gasteiger partial charge in [-0.1, -0.05) is 0 Å². The molecule has 0 aliphatic rings. The summed E-state index contributed by atoms with van der Waals surface area (Å²) in [5.41, 5.74) is 0.461. The standard InChI is InChI=1S/C15H24F2N2O/c1-15(2,3)18-10-11-8-12(16)14(13(17)9-11)20-7-6-19(4)5/h8-9,18H,6-7,10H2,1-5H3. The number of rotatable bonds is 6. The van der Waals surface area contributed by atoms with Gasteiger partial charge in [0.2, 0.25) is 0 Å². The van der Waals surface area contributed by atoms with Gasteiger partial charge in [-0.25, -0.2) is 8.78 Å². The number of hydrogen-bond acceptors (Lipinski definition) is 3. The second-order valence-electron chi connectivity index (χ2n) is 6.14. The van der Waals surface area contributed by atoms with Crippen LogP contribution in [0.15, 0.2) is 12.1 Å². The number of likely N-dealkylation sites (N-methyl/N-ethyl adjacent to an activating group) is 1. The monoisotopic (exact) mass is 286 g/mol. The first kappa shape index (κ1) is 16.9. The number of nitrogens with one attached hydrogen (secondary N) is 1. The van der Waals surface area contributed by atoms with Crippen molar-refractivity contribution in [1.82, 2.24) is 10.2 Å². The van der Waals surface area contributed by atoms with Gasteiger partial charge in [0.05, 0.1) is 0 Å². The number of benzene rings is 1. The predicted molar refractivity (Wildman–Crippen MR) is 77.0 cm³/mol. The summed E-state index contributed by atoms with van der Waals surface area (Å²) in [4.78, 5) is 1.89. The quantitative estimate of drug-likeness (QED) is 0.870. The van der Waals surface area contributed by atoms with E-state index < -0.39 is 11.6 Å². The summed E-state index contributed by atoms with van der Waals surface area (Å²) in [6.45, 7) is 7.26.